The molecule has 0 unspecified atom stereocenters. The van der Waals surface area contributed by atoms with E-state index in [1.165, 1.54) is 0 Å². The molecule has 3 rings (SSSR count). The number of carboxylic acids is 1. The Morgan fingerprint density at radius 3 is 2.50 bits per heavy atom. The van der Waals surface area contributed by atoms with Gasteiger partial charge in [0, 0.05) is 12.2 Å². The molecule has 6 heteroatoms. The van der Waals surface area contributed by atoms with Crippen molar-refractivity contribution in [2.45, 2.75) is 24.8 Å². The van der Waals surface area contributed by atoms with Gasteiger partial charge in [0.05, 0.1) is 11.5 Å². The second-order valence-corrected chi connectivity index (χ2v) is 7.82. The van der Waals surface area contributed by atoms with Crippen LogP contribution in [-0.2, 0) is 21.1 Å². The van der Waals surface area contributed by atoms with Crippen molar-refractivity contribution < 1.29 is 18.3 Å². The second-order valence-electron chi connectivity index (χ2n) is 5.52. The van der Waals surface area contributed by atoms with E-state index in [-0.39, 0.29) is 24.3 Å². The van der Waals surface area contributed by atoms with Crippen molar-refractivity contribution in [3.05, 3.63) is 29.8 Å². The highest BCUT2D eigenvalue weighted by Gasteiger charge is 2.49. The molecule has 2 heterocycles. The van der Waals surface area contributed by atoms with Crippen LogP contribution in [0.25, 0.3) is 0 Å². The Morgan fingerprint density at radius 2 is 1.85 bits per heavy atom. The van der Waals surface area contributed by atoms with Gasteiger partial charge in [0.25, 0.3) is 0 Å². The van der Waals surface area contributed by atoms with E-state index in [0.717, 1.165) is 17.7 Å². The quantitative estimate of drug-likeness (QED) is 0.883. The maximum absolute atomic E-state index is 11.8. The minimum Gasteiger partial charge on any atom is -0.479 e. The van der Waals surface area contributed by atoms with Gasteiger partial charge in [-0.3, -0.25) is 0 Å². The predicted molar refractivity (Wildman–Crippen MR) is 75.7 cm³/mol. The third-order valence-corrected chi connectivity index (χ3v) is 6.11. The fourth-order valence-corrected chi connectivity index (χ4v) is 4.76. The maximum atomic E-state index is 11.8. The lowest BCUT2D eigenvalue weighted by Gasteiger charge is -2.42. The zero-order valence-corrected chi connectivity index (χ0v) is 11.9. The van der Waals surface area contributed by atoms with Gasteiger partial charge in [-0.2, -0.15) is 0 Å². The molecular formula is C14H17NO4S. The first-order valence-electron chi connectivity index (χ1n) is 6.74. The summed E-state index contributed by atoms with van der Waals surface area (Å²) in [6.45, 7) is 0.645. The van der Waals surface area contributed by atoms with E-state index in [1.54, 1.807) is 0 Å². The van der Waals surface area contributed by atoms with Crippen molar-refractivity contribution in [1.82, 2.24) is 0 Å². The molecule has 0 saturated carbocycles. The van der Waals surface area contributed by atoms with Crippen LogP contribution in [0.3, 0.4) is 0 Å². The minimum atomic E-state index is -3.08. The fraction of sp³-hybridized carbons (Fsp3) is 0.500. The molecule has 1 saturated heterocycles. The molecule has 20 heavy (non-hydrogen) atoms. The summed E-state index contributed by atoms with van der Waals surface area (Å²) in [6, 6.07) is 7.77. The molecule has 1 aromatic rings. The number of benzene rings is 1. The number of hydrogen-bond donors (Lipinski definition) is 1. The van der Waals surface area contributed by atoms with Gasteiger partial charge in [-0.05, 0) is 30.9 Å². The SMILES string of the molecule is O=C(O)C1(N2CCc3ccccc32)CCS(=O)(=O)CC1. The van der Waals surface area contributed by atoms with Crippen molar-refractivity contribution in [2.24, 2.45) is 0 Å². The number of aliphatic carboxylic acids is 1. The fourth-order valence-electron chi connectivity index (χ4n) is 3.26. The Balaban J connectivity index is 2.00. The Hall–Kier alpha value is -1.56. The summed E-state index contributed by atoms with van der Waals surface area (Å²) in [5.74, 6) is -1.00. The number of carbonyl (C=O) groups is 1. The third kappa shape index (κ3) is 1.98. The van der Waals surface area contributed by atoms with E-state index in [9.17, 15) is 18.3 Å². The average Bonchev–Trinajstić information content (AvgIpc) is 2.83. The summed E-state index contributed by atoms with van der Waals surface area (Å²) in [5.41, 5.74) is 1.01. The highest BCUT2D eigenvalue weighted by molar-refractivity contribution is 7.91. The van der Waals surface area contributed by atoms with Gasteiger partial charge in [0.1, 0.15) is 5.54 Å². The number of fused-ring (bicyclic) bond motifs is 1. The van der Waals surface area contributed by atoms with Crippen LogP contribution in [0.4, 0.5) is 5.69 Å². The van der Waals surface area contributed by atoms with E-state index in [0.29, 0.717) is 6.54 Å². The van der Waals surface area contributed by atoms with Gasteiger partial charge >= 0.3 is 5.97 Å². The van der Waals surface area contributed by atoms with Crippen molar-refractivity contribution in [3.63, 3.8) is 0 Å². The van der Waals surface area contributed by atoms with E-state index in [4.69, 9.17) is 0 Å². The van der Waals surface area contributed by atoms with Crippen molar-refractivity contribution in [1.29, 1.82) is 0 Å². The molecule has 0 atom stereocenters. The van der Waals surface area contributed by atoms with Crippen LogP contribution in [0.5, 0.6) is 0 Å². The lowest BCUT2D eigenvalue weighted by atomic mass is 9.90. The Labute approximate surface area is 118 Å². The number of anilines is 1. The zero-order chi connectivity index (χ0) is 14.4. The Morgan fingerprint density at radius 1 is 1.20 bits per heavy atom. The van der Waals surface area contributed by atoms with Crippen LogP contribution >= 0.6 is 0 Å². The number of rotatable bonds is 2. The van der Waals surface area contributed by atoms with Crippen LogP contribution in [0, 0.1) is 0 Å². The summed E-state index contributed by atoms with van der Waals surface area (Å²) in [4.78, 5) is 13.7. The van der Waals surface area contributed by atoms with Gasteiger partial charge in [-0.15, -0.1) is 0 Å². The number of para-hydroxylation sites is 1. The smallest absolute Gasteiger partial charge is 0.329 e. The molecule has 108 valence electrons. The summed E-state index contributed by atoms with van der Waals surface area (Å²) >= 11 is 0. The highest BCUT2D eigenvalue weighted by atomic mass is 32.2. The predicted octanol–water partition coefficient (Wildman–Crippen LogP) is 1.08. The molecule has 0 radical (unpaired) electrons. The van der Waals surface area contributed by atoms with Gasteiger partial charge in [0.15, 0.2) is 9.84 Å². The summed E-state index contributed by atoms with van der Waals surface area (Å²) in [7, 11) is -3.08. The topological polar surface area (TPSA) is 74.7 Å². The van der Waals surface area contributed by atoms with E-state index >= 15 is 0 Å². The highest BCUT2D eigenvalue weighted by Crippen LogP contribution is 2.39. The summed E-state index contributed by atoms with van der Waals surface area (Å²) < 4.78 is 23.2. The number of hydrogen-bond acceptors (Lipinski definition) is 4. The Kier molecular flexibility index (Phi) is 3.01. The molecular weight excluding hydrogens is 278 g/mol. The molecule has 1 fully saturated rings. The molecule has 0 amide bonds. The van der Waals surface area contributed by atoms with E-state index < -0.39 is 21.3 Å². The summed E-state index contributed by atoms with van der Waals surface area (Å²) in [5, 5.41) is 9.71. The third-order valence-electron chi connectivity index (χ3n) is 4.46. The second kappa shape index (κ2) is 4.48. The molecule has 0 bridgehead atoms. The van der Waals surface area contributed by atoms with Crippen molar-refractivity contribution in [2.75, 3.05) is 23.0 Å². The number of sulfone groups is 1. The van der Waals surface area contributed by atoms with Gasteiger partial charge in [-0.1, -0.05) is 18.2 Å². The molecule has 0 aliphatic carbocycles. The van der Waals surface area contributed by atoms with Gasteiger partial charge in [-0.25, -0.2) is 13.2 Å². The summed E-state index contributed by atoms with van der Waals surface area (Å²) in [6.07, 6.45) is 1.15. The average molecular weight is 295 g/mol. The molecule has 0 aromatic heterocycles. The van der Waals surface area contributed by atoms with Crippen LogP contribution in [0.1, 0.15) is 18.4 Å². The van der Waals surface area contributed by atoms with Gasteiger partial charge in [0.2, 0.25) is 0 Å². The lowest BCUT2D eigenvalue weighted by Crippen LogP contribution is -2.58. The molecule has 2 aliphatic heterocycles. The Bertz CT molecular complexity index is 639. The van der Waals surface area contributed by atoms with Crippen LogP contribution in [-0.4, -0.2) is 43.1 Å². The molecule has 0 spiro atoms. The van der Waals surface area contributed by atoms with Crippen LogP contribution < -0.4 is 4.90 Å². The monoisotopic (exact) mass is 295 g/mol. The molecule has 1 N–H and O–H groups in total. The lowest BCUT2D eigenvalue weighted by molar-refractivity contribution is -0.143. The molecule has 1 aromatic carbocycles. The molecule has 5 nitrogen and oxygen atoms in total. The standard InChI is InChI=1S/C14H17NO4S/c16-13(17)14(6-9-20(18,19)10-7-14)15-8-5-11-3-1-2-4-12(11)15/h1-4H,5-10H2,(H,16,17). The van der Waals surface area contributed by atoms with Crippen LogP contribution in [0.15, 0.2) is 24.3 Å². The normalized spacial score (nSPS) is 23.3. The minimum absolute atomic E-state index is 0.0437. The number of carboxylic acid groups (broad SMARTS) is 1. The number of nitrogens with zero attached hydrogens (tertiary/aromatic N) is 1. The maximum Gasteiger partial charge on any atom is 0.329 e. The van der Waals surface area contributed by atoms with Crippen molar-refractivity contribution in [3.8, 4) is 0 Å². The van der Waals surface area contributed by atoms with Crippen molar-refractivity contribution >= 4 is 21.5 Å². The van der Waals surface area contributed by atoms with E-state index in [1.807, 2.05) is 29.2 Å². The molecule has 2 aliphatic rings. The van der Waals surface area contributed by atoms with E-state index in [2.05, 4.69) is 0 Å². The first-order valence-corrected chi connectivity index (χ1v) is 8.56. The van der Waals surface area contributed by atoms with Gasteiger partial charge < -0.3 is 10.0 Å². The van der Waals surface area contributed by atoms with Crippen LogP contribution in [0.2, 0.25) is 0 Å². The first-order chi connectivity index (χ1) is 9.45. The zero-order valence-electron chi connectivity index (χ0n) is 11.1. The largest absolute Gasteiger partial charge is 0.479 e. The first kappa shape index (κ1) is 13.4.